The van der Waals surface area contributed by atoms with Crippen LogP contribution in [0.3, 0.4) is 0 Å². The van der Waals surface area contributed by atoms with E-state index in [4.69, 9.17) is 4.74 Å². The zero-order chi connectivity index (χ0) is 23.1. The van der Waals surface area contributed by atoms with Crippen molar-refractivity contribution in [1.82, 2.24) is 0 Å². The highest BCUT2D eigenvalue weighted by molar-refractivity contribution is 6.30. The molecule has 162 valence electrons. The summed E-state index contributed by atoms with van der Waals surface area (Å²) in [5, 5.41) is 8.73. The van der Waals surface area contributed by atoms with Gasteiger partial charge in [-0.3, -0.25) is 0 Å². The first kappa shape index (κ1) is 20.2. The van der Waals surface area contributed by atoms with Crippen molar-refractivity contribution in [3.05, 3.63) is 120 Å². The first-order chi connectivity index (χ1) is 16.7. The molecule has 0 aromatic heterocycles. The molecule has 34 heavy (non-hydrogen) atoms. The first-order valence-electron chi connectivity index (χ1n) is 11.4. The molecule has 0 spiro atoms. The lowest BCUT2D eigenvalue weighted by Crippen LogP contribution is -2.05. The minimum Gasteiger partial charge on any atom is -0.465 e. The number of rotatable bonds is 3. The molecule has 0 amide bonds. The Kier molecular flexibility index (Phi) is 4.85. The van der Waals surface area contributed by atoms with Gasteiger partial charge in [0.25, 0.3) is 0 Å². The molecular weight excluding hydrogens is 416 g/mol. The van der Waals surface area contributed by atoms with Gasteiger partial charge < -0.3 is 4.74 Å². The van der Waals surface area contributed by atoms with E-state index in [1.807, 2.05) is 54.6 Å². The van der Waals surface area contributed by atoms with Crippen LogP contribution in [0.15, 0.2) is 109 Å². The molecule has 0 bridgehead atoms. The lowest BCUT2D eigenvalue weighted by atomic mass is 9.89. The van der Waals surface area contributed by atoms with Gasteiger partial charge in [-0.15, -0.1) is 0 Å². The van der Waals surface area contributed by atoms with E-state index >= 15 is 0 Å². The normalized spacial score (nSPS) is 12.0. The van der Waals surface area contributed by atoms with E-state index in [0.29, 0.717) is 5.57 Å². The van der Waals surface area contributed by atoms with Gasteiger partial charge in [0.05, 0.1) is 12.7 Å². The SMILES string of the molecule is COC(=O)/C(=C/c1c2ccccc2cc2ccccc12)c1c2ccccc2cc2ccccc12. The number of ether oxygens (including phenoxy) is 1. The largest absolute Gasteiger partial charge is 0.465 e. The number of carbonyl (C=O) groups excluding carboxylic acids is 1. The van der Waals surface area contributed by atoms with Crippen molar-refractivity contribution in [1.29, 1.82) is 0 Å². The highest BCUT2D eigenvalue weighted by Crippen LogP contribution is 2.37. The van der Waals surface area contributed by atoms with Crippen LogP contribution in [0.5, 0.6) is 0 Å². The lowest BCUT2D eigenvalue weighted by Gasteiger charge is -2.15. The Balaban J connectivity index is 1.79. The third kappa shape index (κ3) is 3.23. The number of esters is 1. The van der Waals surface area contributed by atoms with Gasteiger partial charge in [-0.25, -0.2) is 4.79 Å². The summed E-state index contributed by atoms with van der Waals surface area (Å²) in [4.78, 5) is 13.4. The molecule has 0 radical (unpaired) electrons. The van der Waals surface area contributed by atoms with E-state index in [9.17, 15) is 4.79 Å². The number of benzene rings is 6. The molecular formula is C32H22O2. The number of hydrogen-bond acceptors (Lipinski definition) is 2. The Morgan fingerprint density at radius 3 is 1.41 bits per heavy atom. The van der Waals surface area contributed by atoms with Crippen LogP contribution >= 0.6 is 0 Å². The monoisotopic (exact) mass is 438 g/mol. The number of fused-ring (bicyclic) bond motifs is 4. The van der Waals surface area contributed by atoms with Crippen molar-refractivity contribution >= 4 is 60.7 Å². The van der Waals surface area contributed by atoms with E-state index in [0.717, 1.165) is 54.2 Å². The van der Waals surface area contributed by atoms with Crippen LogP contribution in [0.4, 0.5) is 0 Å². The molecule has 2 heteroatoms. The Bertz CT molecular complexity index is 1650. The van der Waals surface area contributed by atoms with Gasteiger partial charge in [0.2, 0.25) is 0 Å². The van der Waals surface area contributed by atoms with E-state index in [2.05, 4.69) is 60.7 Å². The Morgan fingerprint density at radius 2 is 0.971 bits per heavy atom. The molecule has 0 atom stereocenters. The molecule has 6 aromatic rings. The van der Waals surface area contributed by atoms with E-state index in [1.165, 1.54) is 7.11 Å². The van der Waals surface area contributed by atoms with Crippen molar-refractivity contribution in [2.75, 3.05) is 7.11 Å². The Hall–Kier alpha value is -4.43. The third-order valence-corrected chi connectivity index (χ3v) is 6.55. The van der Waals surface area contributed by atoms with Crippen LogP contribution in [0.25, 0.3) is 54.7 Å². The van der Waals surface area contributed by atoms with Crippen LogP contribution in [0.2, 0.25) is 0 Å². The van der Waals surface area contributed by atoms with E-state index in [-0.39, 0.29) is 5.97 Å². The topological polar surface area (TPSA) is 26.3 Å². The summed E-state index contributed by atoms with van der Waals surface area (Å²) < 4.78 is 5.35. The average Bonchev–Trinajstić information content (AvgIpc) is 2.89. The summed E-state index contributed by atoms with van der Waals surface area (Å²) in [7, 11) is 1.45. The van der Waals surface area contributed by atoms with Gasteiger partial charge in [0.15, 0.2) is 0 Å². The number of carbonyl (C=O) groups is 1. The fraction of sp³-hybridized carbons (Fsp3) is 0.0312. The number of hydrogen-bond donors (Lipinski definition) is 0. The van der Waals surface area contributed by atoms with Gasteiger partial charge in [-0.05, 0) is 66.9 Å². The van der Waals surface area contributed by atoms with Crippen LogP contribution in [0, 0.1) is 0 Å². The fourth-order valence-electron chi connectivity index (χ4n) is 5.00. The van der Waals surface area contributed by atoms with Crippen molar-refractivity contribution < 1.29 is 9.53 Å². The molecule has 2 nitrogen and oxygen atoms in total. The first-order valence-corrected chi connectivity index (χ1v) is 11.4. The maximum Gasteiger partial charge on any atom is 0.338 e. The van der Waals surface area contributed by atoms with Crippen molar-refractivity contribution in [3.63, 3.8) is 0 Å². The molecule has 0 heterocycles. The molecule has 0 aliphatic heterocycles. The second-order valence-corrected chi connectivity index (χ2v) is 8.48. The average molecular weight is 439 g/mol. The summed E-state index contributed by atoms with van der Waals surface area (Å²) in [5.41, 5.74) is 2.47. The van der Waals surface area contributed by atoms with Crippen molar-refractivity contribution in [2.45, 2.75) is 0 Å². The minimum absolute atomic E-state index is 0.349. The zero-order valence-electron chi connectivity index (χ0n) is 18.8. The van der Waals surface area contributed by atoms with Gasteiger partial charge in [0, 0.05) is 5.56 Å². The maximum atomic E-state index is 13.4. The summed E-state index contributed by atoms with van der Waals surface area (Å²) >= 11 is 0. The Labute approximate surface area is 197 Å². The molecule has 0 aliphatic carbocycles. The molecule has 0 fully saturated rings. The minimum atomic E-state index is -0.349. The summed E-state index contributed by atoms with van der Waals surface area (Å²) in [5.74, 6) is -0.349. The quantitative estimate of drug-likeness (QED) is 0.121. The summed E-state index contributed by atoms with van der Waals surface area (Å²) in [6.07, 6.45) is 2.02. The maximum absolute atomic E-state index is 13.4. The molecule has 0 saturated heterocycles. The molecule has 0 aliphatic rings. The smallest absolute Gasteiger partial charge is 0.338 e. The number of methoxy groups -OCH3 is 1. The predicted octanol–water partition coefficient (Wildman–Crippen LogP) is 8.01. The van der Waals surface area contributed by atoms with E-state index < -0.39 is 0 Å². The van der Waals surface area contributed by atoms with E-state index in [1.54, 1.807) is 0 Å². The van der Waals surface area contributed by atoms with Crippen molar-refractivity contribution in [3.8, 4) is 0 Å². The Morgan fingerprint density at radius 1 is 0.588 bits per heavy atom. The molecule has 0 N–H and O–H groups in total. The standard InChI is InChI=1S/C32H22O2/c1-34-32(33)30(31-27-16-8-4-12-23(27)19-24-13-5-9-17-28(24)31)20-29-25-14-6-2-10-21(25)18-22-11-3-7-15-26(22)29/h2-20H,1H3/b30-20+. The highest BCUT2D eigenvalue weighted by atomic mass is 16.5. The summed E-state index contributed by atoms with van der Waals surface area (Å²) in [6.45, 7) is 0. The van der Waals surface area contributed by atoms with Crippen LogP contribution in [-0.4, -0.2) is 13.1 Å². The molecule has 0 saturated carbocycles. The van der Waals surface area contributed by atoms with Gasteiger partial charge >= 0.3 is 5.97 Å². The lowest BCUT2D eigenvalue weighted by molar-refractivity contribution is -0.133. The van der Waals surface area contributed by atoms with Gasteiger partial charge in [-0.2, -0.15) is 0 Å². The molecule has 0 unspecified atom stereocenters. The zero-order valence-corrected chi connectivity index (χ0v) is 18.8. The molecule has 6 aromatic carbocycles. The van der Waals surface area contributed by atoms with Gasteiger partial charge in [-0.1, -0.05) is 97.1 Å². The second-order valence-electron chi connectivity index (χ2n) is 8.48. The fourth-order valence-corrected chi connectivity index (χ4v) is 5.00. The third-order valence-electron chi connectivity index (χ3n) is 6.55. The van der Waals surface area contributed by atoms with Crippen LogP contribution < -0.4 is 0 Å². The van der Waals surface area contributed by atoms with Gasteiger partial charge in [0.1, 0.15) is 0 Å². The second kappa shape index (κ2) is 8.17. The van der Waals surface area contributed by atoms with Crippen LogP contribution in [0.1, 0.15) is 11.1 Å². The van der Waals surface area contributed by atoms with Crippen LogP contribution in [-0.2, 0) is 9.53 Å². The predicted molar refractivity (Wildman–Crippen MR) is 143 cm³/mol. The summed E-state index contributed by atoms with van der Waals surface area (Å²) in [6, 6.07) is 37.4. The molecule has 6 rings (SSSR count). The highest BCUT2D eigenvalue weighted by Gasteiger charge is 2.20. The van der Waals surface area contributed by atoms with Crippen molar-refractivity contribution in [2.24, 2.45) is 0 Å².